The zero-order valence-corrected chi connectivity index (χ0v) is 15.2. The molecule has 2 heterocycles. The Labute approximate surface area is 154 Å². The van der Waals surface area contributed by atoms with Gasteiger partial charge in [-0.15, -0.1) is 0 Å². The van der Waals surface area contributed by atoms with Crippen molar-refractivity contribution in [3.8, 4) is 5.75 Å². The van der Waals surface area contributed by atoms with Crippen LogP contribution in [-0.4, -0.2) is 60.6 Å². The average Bonchev–Trinajstić information content (AvgIpc) is 3.27. The van der Waals surface area contributed by atoms with Crippen molar-refractivity contribution in [1.82, 2.24) is 15.1 Å². The molecule has 3 aliphatic rings. The Bertz CT molecular complexity index is 685. The second-order valence-corrected chi connectivity index (χ2v) is 7.48. The third-order valence-corrected chi connectivity index (χ3v) is 5.69. The molecule has 0 atom stereocenters. The van der Waals surface area contributed by atoms with Crippen molar-refractivity contribution in [2.24, 2.45) is 0 Å². The molecular formula is C20H27N3O3. The zero-order valence-electron chi connectivity index (χ0n) is 15.2. The van der Waals surface area contributed by atoms with E-state index in [1.54, 1.807) is 0 Å². The summed E-state index contributed by atoms with van der Waals surface area (Å²) in [4.78, 5) is 29.1. The maximum atomic E-state index is 12.9. The number of benzene rings is 1. The Kier molecular flexibility index (Phi) is 5.00. The van der Waals surface area contributed by atoms with E-state index in [0.717, 1.165) is 42.6 Å². The fourth-order valence-electron chi connectivity index (χ4n) is 4.16. The number of carbonyl (C=O) groups is 2. The van der Waals surface area contributed by atoms with Gasteiger partial charge >= 0.3 is 6.03 Å². The first kappa shape index (κ1) is 17.2. The second-order valence-electron chi connectivity index (χ2n) is 7.48. The molecule has 0 aromatic heterocycles. The molecule has 2 fully saturated rings. The van der Waals surface area contributed by atoms with Crippen LogP contribution >= 0.6 is 0 Å². The summed E-state index contributed by atoms with van der Waals surface area (Å²) >= 11 is 0. The first-order valence-electron chi connectivity index (χ1n) is 9.81. The van der Waals surface area contributed by atoms with E-state index in [4.69, 9.17) is 4.74 Å². The Hall–Kier alpha value is -2.24. The summed E-state index contributed by atoms with van der Waals surface area (Å²) in [5, 5.41) is 3.15. The number of fused-ring (bicyclic) bond motifs is 1. The minimum absolute atomic E-state index is 0.0286. The molecule has 3 amide bonds. The number of amides is 3. The number of nitrogens with zero attached hydrogens (tertiary/aromatic N) is 2. The third kappa shape index (κ3) is 3.64. The van der Waals surface area contributed by atoms with E-state index in [1.165, 1.54) is 12.8 Å². The Morgan fingerprint density at radius 1 is 1.00 bits per heavy atom. The summed E-state index contributed by atoms with van der Waals surface area (Å²) in [6.45, 7) is 3.28. The molecule has 140 valence electrons. The van der Waals surface area contributed by atoms with Gasteiger partial charge in [0.2, 0.25) is 0 Å². The van der Waals surface area contributed by atoms with Crippen LogP contribution in [0.15, 0.2) is 18.2 Å². The molecule has 0 spiro atoms. The Morgan fingerprint density at radius 2 is 1.77 bits per heavy atom. The van der Waals surface area contributed by atoms with E-state index in [-0.39, 0.29) is 11.9 Å². The maximum Gasteiger partial charge on any atom is 0.317 e. The van der Waals surface area contributed by atoms with Crippen LogP contribution in [0.3, 0.4) is 0 Å². The van der Waals surface area contributed by atoms with Crippen LogP contribution in [-0.2, 0) is 6.42 Å². The van der Waals surface area contributed by atoms with Gasteiger partial charge < -0.3 is 19.9 Å². The highest BCUT2D eigenvalue weighted by atomic mass is 16.5. The number of hydrogen-bond acceptors (Lipinski definition) is 3. The van der Waals surface area contributed by atoms with E-state index in [0.29, 0.717) is 38.8 Å². The highest BCUT2D eigenvalue weighted by molar-refractivity contribution is 5.94. The molecule has 1 N–H and O–H groups in total. The van der Waals surface area contributed by atoms with Gasteiger partial charge in [0, 0.05) is 44.2 Å². The van der Waals surface area contributed by atoms with Crippen LogP contribution in [0.4, 0.5) is 4.79 Å². The molecule has 1 saturated carbocycles. The Morgan fingerprint density at radius 3 is 2.62 bits per heavy atom. The molecule has 0 bridgehead atoms. The molecule has 0 radical (unpaired) electrons. The SMILES string of the molecule is O=C(NC1CCCC1)N1CCCN(C(=O)c2ccc3c(c2)CCO3)CC1. The lowest BCUT2D eigenvalue weighted by molar-refractivity contribution is 0.0762. The number of nitrogens with one attached hydrogen (secondary N) is 1. The van der Waals surface area contributed by atoms with Gasteiger partial charge in [0.05, 0.1) is 6.61 Å². The average molecular weight is 357 g/mol. The van der Waals surface area contributed by atoms with Gasteiger partial charge in [0.1, 0.15) is 5.75 Å². The Balaban J connectivity index is 1.35. The molecule has 1 aromatic carbocycles. The van der Waals surface area contributed by atoms with Crippen LogP contribution in [0.2, 0.25) is 0 Å². The van der Waals surface area contributed by atoms with Crippen molar-refractivity contribution < 1.29 is 14.3 Å². The monoisotopic (exact) mass is 357 g/mol. The normalized spacial score (nSPS) is 20.5. The lowest BCUT2D eigenvalue weighted by atomic mass is 10.1. The summed E-state index contributed by atoms with van der Waals surface area (Å²) < 4.78 is 5.52. The molecule has 1 saturated heterocycles. The number of rotatable bonds is 2. The van der Waals surface area contributed by atoms with Crippen LogP contribution in [0.25, 0.3) is 0 Å². The van der Waals surface area contributed by atoms with E-state index in [2.05, 4.69) is 5.32 Å². The predicted molar refractivity (Wildman–Crippen MR) is 98.5 cm³/mol. The van der Waals surface area contributed by atoms with Crippen molar-refractivity contribution in [3.05, 3.63) is 29.3 Å². The summed E-state index contributed by atoms with van der Waals surface area (Å²) in [5.74, 6) is 0.949. The second kappa shape index (κ2) is 7.56. The first-order chi connectivity index (χ1) is 12.7. The minimum Gasteiger partial charge on any atom is -0.493 e. The van der Waals surface area contributed by atoms with Gasteiger partial charge in [-0.05, 0) is 43.0 Å². The molecule has 1 aromatic rings. The van der Waals surface area contributed by atoms with Crippen LogP contribution in [0.1, 0.15) is 48.0 Å². The smallest absolute Gasteiger partial charge is 0.317 e. The lowest BCUT2D eigenvalue weighted by Gasteiger charge is -2.24. The van der Waals surface area contributed by atoms with Gasteiger partial charge in [-0.2, -0.15) is 0 Å². The van der Waals surface area contributed by atoms with Gasteiger partial charge in [-0.25, -0.2) is 4.79 Å². The van der Waals surface area contributed by atoms with E-state index in [9.17, 15) is 9.59 Å². The zero-order chi connectivity index (χ0) is 17.9. The molecule has 4 rings (SSSR count). The van der Waals surface area contributed by atoms with Gasteiger partial charge in [-0.3, -0.25) is 4.79 Å². The molecule has 0 unspecified atom stereocenters. The summed E-state index contributed by atoms with van der Waals surface area (Å²) in [5.41, 5.74) is 1.83. The summed E-state index contributed by atoms with van der Waals surface area (Å²) in [7, 11) is 0. The molecule has 6 heteroatoms. The topological polar surface area (TPSA) is 61.9 Å². The van der Waals surface area contributed by atoms with Crippen molar-refractivity contribution >= 4 is 11.9 Å². The summed E-state index contributed by atoms with van der Waals surface area (Å²) in [6.07, 6.45) is 6.28. The van der Waals surface area contributed by atoms with Crippen LogP contribution in [0, 0.1) is 0 Å². The molecule has 1 aliphatic carbocycles. The third-order valence-electron chi connectivity index (χ3n) is 5.69. The van der Waals surface area contributed by atoms with E-state index >= 15 is 0 Å². The first-order valence-corrected chi connectivity index (χ1v) is 9.81. The van der Waals surface area contributed by atoms with Crippen LogP contribution in [0.5, 0.6) is 5.75 Å². The number of carbonyl (C=O) groups excluding carboxylic acids is 2. The number of hydrogen-bond donors (Lipinski definition) is 1. The molecule has 26 heavy (non-hydrogen) atoms. The standard InChI is InChI=1S/C20H27N3O3/c24-19(16-6-7-18-15(14-16)8-13-26-18)22-9-3-10-23(12-11-22)20(25)21-17-4-1-2-5-17/h6-7,14,17H,1-5,8-13H2,(H,21,25). The van der Waals surface area contributed by atoms with E-state index in [1.807, 2.05) is 28.0 Å². The fraction of sp³-hybridized carbons (Fsp3) is 0.600. The van der Waals surface area contributed by atoms with E-state index < -0.39 is 0 Å². The molecule has 6 nitrogen and oxygen atoms in total. The highest BCUT2D eigenvalue weighted by Crippen LogP contribution is 2.26. The molecular weight excluding hydrogens is 330 g/mol. The maximum absolute atomic E-state index is 12.9. The predicted octanol–water partition coefficient (Wildman–Crippen LogP) is 2.42. The van der Waals surface area contributed by atoms with Crippen molar-refractivity contribution in [2.45, 2.75) is 44.6 Å². The number of ether oxygens (including phenoxy) is 1. The minimum atomic E-state index is 0.0286. The van der Waals surface area contributed by atoms with Gasteiger partial charge in [0.15, 0.2) is 0 Å². The quantitative estimate of drug-likeness (QED) is 0.884. The largest absolute Gasteiger partial charge is 0.493 e. The van der Waals surface area contributed by atoms with Crippen molar-refractivity contribution in [3.63, 3.8) is 0 Å². The van der Waals surface area contributed by atoms with Crippen LogP contribution < -0.4 is 10.1 Å². The van der Waals surface area contributed by atoms with Gasteiger partial charge in [-0.1, -0.05) is 12.8 Å². The summed E-state index contributed by atoms with van der Waals surface area (Å²) in [6, 6.07) is 6.06. The van der Waals surface area contributed by atoms with Crippen molar-refractivity contribution in [2.75, 3.05) is 32.8 Å². The lowest BCUT2D eigenvalue weighted by Crippen LogP contribution is -2.45. The van der Waals surface area contributed by atoms with Gasteiger partial charge in [0.25, 0.3) is 5.91 Å². The fourth-order valence-corrected chi connectivity index (χ4v) is 4.16. The molecule has 2 aliphatic heterocycles. The van der Waals surface area contributed by atoms with Crippen molar-refractivity contribution in [1.29, 1.82) is 0 Å². The highest BCUT2D eigenvalue weighted by Gasteiger charge is 2.25. The number of urea groups is 1.